The molecule has 0 aliphatic rings. The Morgan fingerprint density at radius 3 is 3.00 bits per heavy atom. The van der Waals surface area contributed by atoms with Crippen LogP contribution in [0.1, 0.15) is 11.4 Å². The summed E-state index contributed by atoms with van der Waals surface area (Å²) in [7, 11) is 0. The predicted octanol–water partition coefficient (Wildman–Crippen LogP) is 1.34. The molecule has 0 amide bonds. The molecule has 3 aromatic heterocycles. The van der Waals surface area contributed by atoms with Crippen LogP contribution in [-0.2, 0) is 6.42 Å². The van der Waals surface area contributed by atoms with Crippen LogP contribution in [0.5, 0.6) is 0 Å². The maximum atomic E-state index is 4.30. The highest BCUT2D eigenvalue weighted by molar-refractivity contribution is 5.76. The van der Waals surface area contributed by atoms with Gasteiger partial charge >= 0.3 is 0 Å². The van der Waals surface area contributed by atoms with Crippen molar-refractivity contribution in [2.75, 3.05) is 0 Å². The normalized spacial score (nSPS) is 10.8. The Kier molecular flexibility index (Phi) is 2.07. The zero-order chi connectivity index (χ0) is 10.8. The fourth-order valence-corrected chi connectivity index (χ4v) is 1.62. The number of hydrogen-bond donors (Lipinski definition) is 1. The lowest BCUT2D eigenvalue weighted by Crippen LogP contribution is -1.93. The molecule has 3 rings (SSSR count). The molecule has 0 saturated carbocycles. The van der Waals surface area contributed by atoms with E-state index in [1.165, 1.54) is 6.33 Å². The van der Waals surface area contributed by atoms with Gasteiger partial charge in [0.05, 0.1) is 11.2 Å². The largest absolute Gasteiger partial charge is 0.276 e. The molecule has 0 unspecified atom stereocenters. The second-order valence-electron chi connectivity index (χ2n) is 3.45. The van der Waals surface area contributed by atoms with Crippen LogP contribution >= 0.6 is 0 Å². The molecule has 0 saturated heterocycles. The molecule has 0 fully saturated rings. The van der Waals surface area contributed by atoms with Gasteiger partial charge in [-0.2, -0.15) is 5.10 Å². The van der Waals surface area contributed by atoms with Crippen molar-refractivity contribution in [3.63, 3.8) is 0 Å². The van der Waals surface area contributed by atoms with Crippen LogP contribution < -0.4 is 0 Å². The van der Waals surface area contributed by atoms with E-state index in [1.807, 2.05) is 18.2 Å². The molecule has 78 valence electrons. The van der Waals surface area contributed by atoms with Gasteiger partial charge in [0, 0.05) is 24.5 Å². The summed E-state index contributed by atoms with van der Waals surface area (Å²) in [6.45, 7) is 0. The van der Waals surface area contributed by atoms with Crippen molar-refractivity contribution >= 4 is 11.0 Å². The van der Waals surface area contributed by atoms with Crippen LogP contribution in [0.25, 0.3) is 11.0 Å². The highest BCUT2D eigenvalue weighted by Gasteiger charge is 2.07. The lowest BCUT2D eigenvalue weighted by atomic mass is 10.2. The standard InChI is InChI=1S/C11H9N5/c1-2-9-11(13-4-1)10(16-15-9)6-8-3-5-12-7-14-8/h1-5,7H,6H2,(H,15,16). The van der Waals surface area contributed by atoms with Gasteiger partial charge in [-0.05, 0) is 18.2 Å². The van der Waals surface area contributed by atoms with Crippen LogP contribution in [0.4, 0.5) is 0 Å². The van der Waals surface area contributed by atoms with E-state index in [1.54, 1.807) is 12.4 Å². The van der Waals surface area contributed by atoms with E-state index in [2.05, 4.69) is 25.1 Å². The van der Waals surface area contributed by atoms with Crippen molar-refractivity contribution in [2.24, 2.45) is 0 Å². The summed E-state index contributed by atoms with van der Waals surface area (Å²) in [6.07, 6.45) is 5.70. The Bertz CT molecular complexity index is 602. The van der Waals surface area contributed by atoms with Gasteiger partial charge in [0.25, 0.3) is 0 Å². The first-order valence-corrected chi connectivity index (χ1v) is 4.96. The van der Waals surface area contributed by atoms with Crippen molar-refractivity contribution in [1.29, 1.82) is 0 Å². The number of H-pyrrole nitrogens is 1. The molecule has 0 radical (unpaired) electrons. The summed E-state index contributed by atoms with van der Waals surface area (Å²) in [6, 6.07) is 5.72. The number of aromatic nitrogens is 5. The van der Waals surface area contributed by atoms with Crippen molar-refractivity contribution in [3.05, 3.63) is 48.3 Å². The van der Waals surface area contributed by atoms with Gasteiger partial charge in [0.1, 0.15) is 11.8 Å². The molecule has 0 spiro atoms. The van der Waals surface area contributed by atoms with Crippen LogP contribution in [0.15, 0.2) is 36.9 Å². The van der Waals surface area contributed by atoms with Gasteiger partial charge in [-0.25, -0.2) is 9.97 Å². The summed E-state index contributed by atoms with van der Waals surface area (Å²) in [5.41, 5.74) is 3.70. The van der Waals surface area contributed by atoms with Gasteiger partial charge in [-0.15, -0.1) is 0 Å². The highest BCUT2D eigenvalue weighted by Crippen LogP contribution is 2.14. The summed E-state index contributed by atoms with van der Waals surface area (Å²) < 4.78 is 0. The predicted molar refractivity (Wildman–Crippen MR) is 58.7 cm³/mol. The van der Waals surface area contributed by atoms with Gasteiger partial charge in [-0.1, -0.05) is 0 Å². The number of nitrogens with zero attached hydrogens (tertiary/aromatic N) is 4. The molecular formula is C11H9N5. The van der Waals surface area contributed by atoms with Crippen molar-refractivity contribution < 1.29 is 0 Å². The smallest absolute Gasteiger partial charge is 0.115 e. The quantitative estimate of drug-likeness (QED) is 0.694. The van der Waals surface area contributed by atoms with Crippen LogP contribution in [0, 0.1) is 0 Å². The molecule has 1 N–H and O–H groups in total. The van der Waals surface area contributed by atoms with E-state index in [0.717, 1.165) is 22.4 Å². The molecule has 0 bridgehead atoms. The Morgan fingerprint density at radius 2 is 2.12 bits per heavy atom. The zero-order valence-corrected chi connectivity index (χ0v) is 8.46. The maximum absolute atomic E-state index is 4.30. The van der Waals surface area contributed by atoms with Gasteiger partial charge in [0.15, 0.2) is 0 Å². The van der Waals surface area contributed by atoms with Crippen molar-refractivity contribution in [3.8, 4) is 0 Å². The number of aromatic amines is 1. The molecule has 5 heteroatoms. The SMILES string of the molecule is c1cnc2c(Cc3ccncn3)n[nH]c2c1. The molecule has 3 heterocycles. The van der Waals surface area contributed by atoms with E-state index >= 15 is 0 Å². The van der Waals surface area contributed by atoms with Crippen LogP contribution in [-0.4, -0.2) is 25.1 Å². The number of pyridine rings is 1. The summed E-state index contributed by atoms with van der Waals surface area (Å²) in [4.78, 5) is 12.3. The van der Waals surface area contributed by atoms with E-state index in [0.29, 0.717) is 6.42 Å². The molecule has 0 aromatic carbocycles. The van der Waals surface area contributed by atoms with Crippen molar-refractivity contribution in [1.82, 2.24) is 25.1 Å². The van der Waals surface area contributed by atoms with E-state index < -0.39 is 0 Å². The lowest BCUT2D eigenvalue weighted by molar-refractivity contribution is 0.961. The molecule has 0 aliphatic carbocycles. The first kappa shape index (κ1) is 8.96. The Balaban J connectivity index is 2.01. The lowest BCUT2D eigenvalue weighted by Gasteiger charge is -1.95. The fourth-order valence-electron chi connectivity index (χ4n) is 1.62. The first-order valence-electron chi connectivity index (χ1n) is 4.96. The molecule has 0 atom stereocenters. The highest BCUT2D eigenvalue weighted by atomic mass is 15.1. The minimum absolute atomic E-state index is 0.666. The molecule has 3 aromatic rings. The fraction of sp³-hybridized carbons (Fsp3) is 0.0909. The Morgan fingerprint density at radius 1 is 1.12 bits per heavy atom. The van der Waals surface area contributed by atoms with E-state index in [-0.39, 0.29) is 0 Å². The Labute approximate surface area is 91.6 Å². The van der Waals surface area contributed by atoms with Crippen LogP contribution in [0.2, 0.25) is 0 Å². The minimum Gasteiger partial charge on any atom is -0.276 e. The number of nitrogens with one attached hydrogen (secondary N) is 1. The average Bonchev–Trinajstić information content (AvgIpc) is 2.74. The molecule has 5 nitrogen and oxygen atoms in total. The average molecular weight is 211 g/mol. The summed E-state index contributed by atoms with van der Waals surface area (Å²) >= 11 is 0. The van der Waals surface area contributed by atoms with Crippen LogP contribution in [0.3, 0.4) is 0 Å². The third-order valence-corrected chi connectivity index (χ3v) is 2.38. The third kappa shape index (κ3) is 1.52. The van der Waals surface area contributed by atoms with E-state index in [9.17, 15) is 0 Å². The first-order chi connectivity index (χ1) is 7.93. The minimum atomic E-state index is 0.666. The summed E-state index contributed by atoms with van der Waals surface area (Å²) in [5, 5.41) is 7.20. The Hall–Kier alpha value is -2.30. The number of rotatable bonds is 2. The monoisotopic (exact) mass is 211 g/mol. The van der Waals surface area contributed by atoms with E-state index in [4.69, 9.17) is 0 Å². The van der Waals surface area contributed by atoms with Crippen molar-refractivity contribution in [2.45, 2.75) is 6.42 Å². The second-order valence-corrected chi connectivity index (χ2v) is 3.45. The number of fused-ring (bicyclic) bond motifs is 1. The van der Waals surface area contributed by atoms with Gasteiger partial charge < -0.3 is 0 Å². The molecule has 0 aliphatic heterocycles. The van der Waals surface area contributed by atoms with Gasteiger partial charge in [-0.3, -0.25) is 10.1 Å². The molecular weight excluding hydrogens is 202 g/mol. The molecule has 16 heavy (non-hydrogen) atoms. The maximum Gasteiger partial charge on any atom is 0.115 e. The number of hydrogen-bond acceptors (Lipinski definition) is 4. The third-order valence-electron chi connectivity index (χ3n) is 2.38. The topological polar surface area (TPSA) is 67.3 Å². The second kappa shape index (κ2) is 3.69. The summed E-state index contributed by atoms with van der Waals surface area (Å²) in [5.74, 6) is 0. The zero-order valence-electron chi connectivity index (χ0n) is 8.46. The van der Waals surface area contributed by atoms with Gasteiger partial charge in [0.2, 0.25) is 0 Å².